The van der Waals surface area contributed by atoms with E-state index in [0.717, 1.165) is 36.7 Å². The molecule has 2 heterocycles. The molecule has 0 amide bonds. The highest BCUT2D eigenvalue weighted by molar-refractivity contribution is 5.41. The van der Waals surface area contributed by atoms with Gasteiger partial charge in [-0.1, -0.05) is 13.0 Å². The number of pyridine rings is 2. The average molecular weight is 257 g/mol. The van der Waals surface area contributed by atoms with Gasteiger partial charge in [0.25, 0.3) is 0 Å². The molecule has 0 saturated carbocycles. The molecule has 0 atom stereocenters. The fourth-order valence-electron chi connectivity index (χ4n) is 1.88. The summed E-state index contributed by atoms with van der Waals surface area (Å²) in [6.07, 6.45) is 3.58. The Hall–Kier alpha value is -1.98. The molecule has 0 radical (unpaired) electrons. The molecule has 2 aromatic heterocycles. The van der Waals surface area contributed by atoms with E-state index in [1.807, 2.05) is 36.5 Å². The third-order valence-electron chi connectivity index (χ3n) is 2.93. The van der Waals surface area contributed by atoms with Crippen LogP contribution in [0.15, 0.2) is 42.7 Å². The van der Waals surface area contributed by atoms with Crippen LogP contribution in [-0.4, -0.2) is 21.4 Å². The van der Waals surface area contributed by atoms with E-state index >= 15 is 0 Å². The lowest BCUT2D eigenvalue weighted by molar-refractivity contribution is 0.265. The predicted octanol–water partition coefficient (Wildman–Crippen LogP) is 1.78. The molecule has 0 fully saturated rings. The Kier molecular flexibility index (Phi) is 4.83. The maximum absolute atomic E-state index is 5.40. The third-order valence-corrected chi connectivity index (χ3v) is 2.93. The van der Waals surface area contributed by atoms with Gasteiger partial charge in [-0.25, -0.2) is 0 Å². The molecule has 0 aliphatic rings. The lowest BCUT2D eigenvalue weighted by Crippen LogP contribution is -2.23. The van der Waals surface area contributed by atoms with Crippen LogP contribution < -0.4 is 11.3 Å². The lowest BCUT2D eigenvalue weighted by atomic mass is 10.2. The highest BCUT2D eigenvalue weighted by Crippen LogP contribution is 2.10. The van der Waals surface area contributed by atoms with E-state index in [4.69, 9.17) is 5.84 Å². The first-order valence-electron chi connectivity index (χ1n) is 6.35. The van der Waals surface area contributed by atoms with Crippen LogP contribution in [0.2, 0.25) is 0 Å². The Morgan fingerprint density at radius 1 is 1.11 bits per heavy atom. The van der Waals surface area contributed by atoms with Gasteiger partial charge in [-0.2, -0.15) is 0 Å². The van der Waals surface area contributed by atoms with Crippen molar-refractivity contribution >= 4 is 5.69 Å². The van der Waals surface area contributed by atoms with E-state index in [2.05, 4.69) is 27.2 Å². The Bertz CT molecular complexity index is 500. The summed E-state index contributed by atoms with van der Waals surface area (Å²) in [7, 11) is 0. The zero-order valence-corrected chi connectivity index (χ0v) is 11.1. The molecule has 0 unspecified atom stereocenters. The van der Waals surface area contributed by atoms with Gasteiger partial charge in [-0.3, -0.25) is 20.7 Å². The van der Waals surface area contributed by atoms with Crippen LogP contribution in [-0.2, 0) is 13.1 Å². The summed E-state index contributed by atoms with van der Waals surface area (Å²) in [5.41, 5.74) is 5.57. The number of rotatable bonds is 6. The zero-order chi connectivity index (χ0) is 13.5. The highest BCUT2D eigenvalue weighted by Gasteiger charge is 2.07. The molecular formula is C14H19N5. The van der Waals surface area contributed by atoms with Crippen LogP contribution in [0.4, 0.5) is 5.69 Å². The van der Waals surface area contributed by atoms with E-state index in [9.17, 15) is 0 Å². The minimum atomic E-state index is 0.780. The number of nitrogen functional groups attached to an aromatic ring is 1. The topological polar surface area (TPSA) is 67.1 Å². The van der Waals surface area contributed by atoms with Crippen molar-refractivity contribution < 1.29 is 0 Å². The van der Waals surface area contributed by atoms with Gasteiger partial charge in [0.05, 0.1) is 17.1 Å². The summed E-state index contributed by atoms with van der Waals surface area (Å²) in [4.78, 5) is 11.0. The van der Waals surface area contributed by atoms with E-state index in [1.165, 1.54) is 0 Å². The molecule has 0 aliphatic heterocycles. The zero-order valence-electron chi connectivity index (χ0n) is 11.1. The number of nitrogens with zero attached hydrogens (tertiary/aromatic N) is 3. The van der Waals surface area contributed by atoms with Crippen molar-refractivity contribution in [3.8, 4) is 0 Å². The van der Waals surface area contributed by atoms with Crippen molar-refractivity contribution in [2.24, 2.45) is 5.84 Å². The smallest absolute Gasteiger partial charge is 0.0565 e. The molecule has 0 bridgehead atoms. The first-order chi connectivity index (χ1) is 9.31. The number of nitrogens with one attached hydrogen (secondary N) is 1. The summed E-state index contributed by atoms with van der Waals surface area (Å²) in [6, 6.07) is 9.78. The number of nitrogens with two attached hydrogens (primary N) is 1. The Balaban J connectivity index is 2.02. The largest absolute Gasteiger partial charge is 0.324 e. The molecule has 100 valence electrons. The van der Waals surface area contributed by atoms with Gasteiger partial charge in [-0.05, 0) is 30.8 Å². The maximum atomic E-state index is 5.40. The molecule has 2 aromatic rings. The minimum Gasteiger partial charge on any atom is -0.324 e. The molecular weight excluding hydrogens is 238 g/mol. The quantitative estimate of drug-likeness (QED) is 0.610. The lowest BCUT2D eigenvalue weighted by Gasteiger charge is -2.19. The van der Waals surface area contributed by atoms with Gasteiger partial charge >= 0.3 is 0 Å². The maximum Gasteiger partial charge on any atom is 0.0565 e. The van der Waals surface area contributed by atoms with E-state index < -0.39 is 0 Å². The molecule has 0 aliphatic carbocycles. The summed E-state index contributed by atoms with van der Waals surface area (Å²) in [6.45, 7) is 4.68. The van der Waals surface area contributed by atoms with Gasteiger partial charge in [-0.15, -0.1) is 0 Å². The second-order valence-corrected chi connectivity index (χ2v) is 4.30. The van der Waals surface area contributed by atoms with Crippen LogP contribution in [0.1, 0.15) is 18.3 Å². The number of hydrogen-bond donors (Lipinski definition) is 2. The van der Waals surface area contributed by atoms with Gasteiger partial charge in [0.1, 0.15) is 0 Å². The van der Waals surface area contributed by atoms with E-state index in [0.29, 0.717) is 0 Å². The van der Waals surface area contributed by atoms with Crippen molar-refractivity contribution in [2.75, 3.05) is 12.0 Å². The van der Waals surface area contributed by atoms with Crippen LogP contribution in [0.25, 0.3) is 0 Å². The Morgan fingerprint density at radius 2 is 1.89 bits per heavy atom. The molecule has 3 N–H and O–H groups in total. The summed E-state index contributed by atoms with van der Waals surface area (Å²) >= 11 is 0. The molecule has 0 spiro atoms. The molecule has 0 aromatic carbocycles. The molecule has 0 saturated heterocycles. The van der Waals surface area contributed by atoms with Crippen LogP contribution in [0.5, 0.6) is 0 Å². The first kappa shape index (κ1) is 13.5. The fraction of sp³-hybridized carbons (Fsp3) is 0.286. The van der Waals surface area contributed by atoms with Crippen LogP contribution in [0.3, 0.4) is 0 Å². The standard InChI is InChI=1S/C14H19N5/c1-2-19(10-13-5-3-4-7-16-13)11-14-9-12(18-15)6-8-17-14/h3-9H,2,10-11,15H2,1H3,(H,17,18). The van der Waals surface area contributed by atoms with E-state index in [-0.39, 0.29) is 0 Å². The second-order valence-electron chi connectivity index (χ2n) is 4.30. The van der Waals surface area contributed by atoms with Crippen molar-refractivity contribution in [1.82, 2.24) is 14.9 Å². The number of aromatic nitrogens is 2. The Labute approximate surface area is 113 Å². The van der Waals surface area contributed by atoms with Crippen molar-refractivity contribution in [1.29, 1.82) is 0 Å². The normalized spacial score (nSPS) is 10.7. The molecule has 5 nitrogen and oxygen atoms in total. The molecule has 19 heavy (non-hydrogen) atoms. The van der Waals surface area contributed by atoms with Crippen LogP contribution >= 0.6 is 0 Å². The summed E-state index contributed by atoms with van der Waals surface area (Å²) in [5.74, 6) is 5.40. The van der Waals surface area contributed by atoms with Gasteiger partial charge in [0.2, 0.25) is 0 Å². The number of hydrogen-bond acceptors (Lipinski definition) is 5. The van der Waals surface area contributed by atoms with Gasteiger partial charge < -0.3 is 5.43 Å². The third kappa shape index (κ3) is 4.01. The molecule has 2 rings (SSSR count). The number of anilines is 1. The van der Waals surface area contributed by atoms with Crippen molar-refractivity contribution in [2.45, 2.75) is 20.0 Å². The average Bonchev–Trinajstić information content (AvgIpc) is 2.48. The summed E-state index contributed by atoms with van der Waals surface area (Å²) < 4.78 is 0. The van der Waals surface area contributed by atoms with Crippen molar-refractivity contribution in [3.63, 3.8) is 0 Å². The Morgan fingerprint density at radius 3 is 2.58 bits per heavy atom. The SMILES string of the molecule is CCN(Cc1ccccn1)Cc1cc(NN)ccn1. The van der Waals surface area contributed by atoms with Crippen LogP contribution in [0, 0.1) is 0 Å². The molecule has 5 heteroatoms. The monoisotopic (exact) mass is 257 g/mol. The van der Waals surface area contributed by atoms with E-state index in [1.54, 1.807) is 6.20 Å². The van der Waals surface area contributed by atoms with Gasteiger partial charge in [0, 0.05) is 25.5 Å². The fourth-order valence-corrected chi connectivity index (χ4v) is 1.88. The first-order valence-corrected chi connectivity index (χ1v) is 6.35. The second kappa shape index (κ2) is 6.82. The summed E-state index contributed by atoms with van der Waals surface area (Å²) in [5, 5.41) is 0. The number of hydrazine groups is 1. The minimum absolute atomic E-state index is 0.780. The van der Waals surface area contributed by atoms with Crippen molar-refractivity contribution in [3.05, 3.63) is 54.1 Å². The highest BCUT2D eigenvalue weighted by atomic mass is 15.2. The predicted molar refractivity (Wildman–Crippen MR) is 76.1 cm³/mol. The van der Waals surface area contributed by atoms with Gasteiger partial charge in [0.15, 0.2) is 0 Å².